The van der Waals surface area contributed by atoms with Gasteiger partial charge in [0.2, 0.25) is 9.84 Å². The van der Waals surface area contributed by atoms with Gasteiger partial charge >= 0.3 is 0 Å². The molecule has 21 heavy (non-hydrogen) atoms. The molecule has 0 aliphatic heterocycles. The maximum atomic E-state index is 12.0. The predicted octanol–water partition coefficient (Wildman–Crippen LogP) is -0.625. The number of anilines is 1. The molecule has 2 aromatic rings. The van der Waals surface area contributed by atoms with Crippen LogP contribution in [0.3, 0.4) is 0 Å². The maximum Gasteiger partial charge on any atom is 0.288 e. The van der Waals surface area contributed by atoms with Gasteiger partial charge < -0.3 is 5.32 Å². The summed E-state index contributed by atoms with van der Waals surface area (Å²) in [6, 6.07) is -0.851. The van der Waals surface area contributed by atoms with Gasteiger partial charge in [-0.15, -0.1) is 5.10 Å². The Bertz CT molecular complexity index is 753. The zero-order chi connectivity index (χ0) is 15.6. The van der Waals surface area contributed by atoms with Crippen LogP contribution in [0.15, 0.2) is 17.6 Å². The van der Waals surface area contributed by atoms with Crippen molar-refractivity contribution in [2.75, 3.05) is 11.6 Å². The summed E-state index contributed by atoms with van der Waals surface area (Å²) in [7, 11) is -3.56. The van der Waals surface area contributed by atoms with E-state index in [0.29, 0.717) is 0 Å². The van der Waals surface area contributed by atoms with Gasteiger partial charge in [-0.25, -0.2) is 13.4 Å². The van der Waals surface area contributed by atoms with Crippen molar-refractivity contribution >= 4 is 21.6 Å². The molecule has 2 heterocycles. The Morgan fingerprint density at radius 3 is 2.57 bits per heavy atom. The van der Waals surface area contributed by atoms with Crippen molar-refractivity contribution in [1.29, 1.82) is 0 Å². The lowest BCUT2D eigenvalue weighted by atomic mass is 10.3. The normalized spacial score (nSPS) is 12.9. The lowest BCUT2D eigenvalue weighted by Crippen LogP contribution is -2.26. The SMILES string of the molecule is Cc1cnc(NC(=O)C(C)n2nnc(S(C)(=O)=O)n2)cn1. The predicted molar refractivity (Wildman–Crippen MR) is 71.0 cm³/mol. The Hall–Kier alpha value is -2.43. The minimum atomic E-state index is -3.56. The molecule has 0 aromatic carbocycles. The standard InChI is InChI=1S/C10H13N7O3S/c1-6-4-12-8(5-11-6)13-9(18)7(2)17-15-10(14-16-17)21(3,19)20/h4-5,7H,1-3H3,(H,12,13,18). The summed E-state index contributed by atoms with van der Waals surface area (Å²) >= 11 is 0. The first-order valence-corrected chi connectivity index (χ1v) is 7.75. The Kier molecular flexibility index (Phi) is 3.93. The molecule has 0 saturated carbocycles. The van der Waals surface area contributed by atoms with Crippen LogP contribution in [0.2, 0.25) is 0 Å². The number of sulfone groups is 1. The van der Waals surface area contributed by atoms with Crippen molar-refractivity contribution in [3.8, 4) is 0 Å². The summed E-state index contributed by atoms with van der Waals surface area (Å²) in [5.41, 5.74) is 0.719. The van der Waals surface area contributed by atoms with E-state index in [1.165, 1.54) is 19.3 Å². The fourth-order valence-electron chi connectivity index (χ4n) is 1.32. The van der Waals surface area contributed by atoms with Gasteiger partial charge in [-0.1, -0.05) is 5.10 Å². The second kappa shape index (κ2) is 5.52. The summed E-state index contributed by atoms with van der Waals surface area (Å²) in [4.78, 5) is 20.9. The first kappa shape index (κ1) is 15.0. The fraction of sp³-hybridized carbons (Fsp3) is 0.400. The lowest BCUT2D eigenvalue weighted by molar-refractivity contribution is -0.119. The maximum absolute atomic E-state index is 12.0. The molecule has 0 radical (unpaired) electrons. The molecule has 112 valence electrons. The molecule has 11 heteroatoms. The van der Waals surface area contributed by atoms with E-state index in [0.717, 1.165) is 16.7 Å². The van der Waals surface area contributed by atoms with Crippen LogP contribution in [0.1, 0.15) is 18.7 Å². The molecule has 0 bridgehead atoms. The molecule has 0 saturated heterocycles. The van der Waals surface area contributed by atoms with E-state index < -0.39 is 26.9 Å². The van der Waals surface area contributed by atoms with Gasteiger partial charge in [0, 0.05) is 6.26 Å². The number of carbonyl (C=O) groups excluding carboxylic acids is 1. The summed E-state index contributed by atoms with van der Waals surface area (Å²) < 4.78 is 22.5. The smallest absolute Gasteiger partial charge is 0.288 e. The van der Waals surface area contributed by atoms with Gasteiger partial charge in [0.15, 0.2) is 5.82 Å². The van der Waals surface area contributed by atoms with Crippen molar-refractivity contribution in [3.63, 3.8) is 0 Å². The summed E-state index contributed by atoms with van der Waals surface area (Å²) in [6.45, 7) is 3.28. The molecule has 2 rings (SSSR count). The molecule has 0 aliphatic carbocycles. The molecule has 1 unspecified atom stereocenters. The van der Waals surface area contributed by atoms with Crippen molar-refractivity contribution in [1.82, 2.24) is 30.2 Å². The van der Waals surface area contributed by atoms with Crippen molar-refractivity contribution in [2.45, 2.75) is 25.0 Å². The van der Waals surface area contributed by atoms with Crippen LogP contribution in [0.4, 0.5) is 5.82 Å². The average molecular weight is 311 g/mol. The van der Waals surface area contributed by atoms with E-state index in [2.05, 4.69) is 30.7 Å². The summed E-state index contributed by atoms with van der Waals surface area (Å²) in [6.07, 6.45) is 3.88. The van der Waals surface area contributed by atoms with Crippen LogP contribution in [-0.4, -0.2) is 50.8 Å². The molecular weight excluding hydrogens is 298 g/mol. The average Bonchev–Trinajstić information content (AvgIpc) is 2.90. The third-order valence-electron chi connectivity index (χ3n) is 2.50. The number of nitrogens with one attached hydrogen (secondary N) is 1. The number of hydrogen-bond acceptors (Lipinski definition) is 8. The first-order chi connectivity index (χ1) is 9.77. The van der Waals surface area contributed by atoms with Crippen LogP contribution >= 0.6 is 0 Å². The van der Waals surface area contributed by atoms with Gasteiger partial charge in [0.05, 0.1) is 18.1 Å². The Balaban J connectivity index is 2.12. The Morgan fingerprint density at radius 1 is 1.33 bits per heavy atom. The van der Waals surface area contributed by atoms with Crippen molar-refractivity contribution in [2.24, 2.45) is 0 Å². The Morgan fingerprint density at radius 2 is 2.05 bits per heavy atom. The number of amides is 1. The summed E-state index contributed by atoms with van der Waals surface area (Å²) in [5.74, 6) is -0.188. The lowest BCUT2D eigenvalue weighted by Gasteiger charge is -2.09. The number of carbonyl (C=O) groups is 1. The van der Waals surface area contributed by atoms with Crippen LogP contribution in [0.5, 0.6) is 0 Å². The number of tetrazole rings is 1. The molecule has 0 spiro atoms. The topological polar surface area (TPSA) is 133 Å². The van der Waals surface area contributed by atoms with E-state index in [4.69, 9.17) is 0 Å². The second-order valence-corrected chi connectivity index (χ2v) is 6.28. The quantitative estimate of drug-likeness (QED) is 0.789. The van der Waals surface area contributed by atoms with Crippen molar-refractivity contribution < 1.29 is 13.2 Å². The van der Waals surface area contributed by atoms with Gasteiger partial charge in [-0.2, -0.15) is 4.80 Å². The third-order valence-corrected chi connectivity index (χ3v) is 3.33. The number of hydrogen-bond donors (Lipinski definition) is 1. The van der Waals surface area contributed by atoms with Crippen LogP contribution in [-0.2, 0) is 14.6 Å². The highest BCUT2D eigenvalue weighted by Gasteiger charge is 2.22. The van der Waals surface area contributed by atoms with Crippen LogP contribution in [0.25, 0.3) is 0 Å². The zero-order valence-electron chi connectivity index (χ0n) is 11.5. The Labute approximate surface area is 120 Å². The molecule has 0 fully saturated rings. The van der Waals surface area contributed by atoms with Gasteiger partial charge in [-0.3, -0.25) is 9.78 Å². The number of aromatic nitrogens is 6. The third kappa shape index (κ3) is 3.56. The van der Waals surface area contributed by atoms with E-state index in [1.54, 1.807) is 6.92 Å². The van der Waals surface area contributed by atoms with Crippen LogP contribution in [0, 0.1) is 6.92 Å². The molecule has 1 atom stereocenters. The number of nitrogens with zero attached hydrogens (tertiary/aromatic N) is 6. The fourth-order valence-corrected chi connectivity index (χ4v) is 1.73. The second-order valence-electron chi connectivity index (χ2n) is 4.37. The van der Waals surface area contributed by atoms with E-state index >= 15 is 0 Å². The highest BCUT2D eigenvalue weighted by Crippen LogP contribution is 2.08. The minimum absolute atomic E-state index is 0.279. The van der Waals surface area contributed by atoms with Gasteiger partial charge in [-0.05, 0) is 19.1 Å². The number of rotatable bonds is 4. The molecule has 0 aliphatic rings. The van der Waals surface area contributed by atoms with Gasteiger partial charge in [0.1, 0.15) is 6.04 Å². The zero-order valence-corrected chi connectivity index (χ0v) is 12.4. The molecule has 2 aromatic heterocycles. The largest absolute Gasteiger partial charge is 0.307 e. The first-order valence-electron chi connectivity index (χ1n) is 5.86. The van der Waals surface area contributed by atoms with E-state index in [9.17, 15) is 13.2 Å². The van der Waals surface area contributed by atoms with E-state index in [-0.39, 0.29) is 5.82 Å². The molecule has 1 N–H and O–H groups in total. The van der Waals surface area contributed by atoms with Crippen molar-refractivity contribution in [3.05, 3.63) is 18.1 Å². The molecular formula is C10H13N7O3S. The highest BCUT2D eigenvalue weighted by molar-refractivity contribution is 7.90. The van der Waals surface area contributed by atoms with Crippen LogP contribution < -0.4 is 5.32 Å². The summed E-state index contributed by atoms with van der Waals surface area (Å²) in [5, 5.41) is 12.7. The highest BCUT2D eigenvalue weighted by atomic mass is 32.2. The monoisotopic (exact) mass is 311 g/mol. The van der Waals surface area contributed by atoms with Gasteiger partial charge in [0.25, 0.3) is 11.1 Å². The number of aryl methyl sites for hydroxylation is 1. The van der Waals surface area contributed by atoms with E-state index in [1.807, 2.05) is 0 Å². The molecule has 10 nitrogen and oxygen atoms in total. The molecule has 1 amide bonds. The minimum Gasteiger partial charge on any atom is -0.307 e.